The number of carbonyl (C=O) groups excluding carboxylic acids is 1. The zero-order valence-corrected chi connectivity index (χ0v) is 11.9. The number of nitrogen functional groups attached to an aromatic ring is 1. The van der Waals surface area contributed by atoms with Crippen LogP contribution in [0.15, 0.2) is 11.4 Å². The van der Waals surface area contributed by atoms with E-state index >= 15 is 0 Å². The minimum Gasteiger partial charge on any atom is -0.383 e. The Morgan fingerprint density at radius 3 is 2.94 bits per heavy atom. The molecule has 1 amide bonds. The summed E-state index contributed by atoms with van der Waals surface area (Å²) in [6.45, 7) is 6.52. The van der Waals surface area contributed by atoms with Crippen molar-refractivity contribution in [2.45, 2.75) is 26.4 Å². The third-order valence-electron chi connectivity index (χ3n) is 2.89. The summed E-state index contributed by atoms with van der Waals surface area (Å²) in [6.07, 6.45) is 0. The van der Waals surface area contributed by atoms with Crippen LogP contribution in [0.25, 0.3) is 0 Å². The fourth-order valence-electron chi connectivity index (χ4n) is 1.87. The van der Waals surface area contributed by atoms with Gasteiger partial charge in [-0.05, 0) is 30.5 Å². The van der Waals surface area contributed by atoms with Crippen molar-refractivity contribution in [2.75, 3.05) is 20.3 Å². The molecule has 1 rings (SSSR count). The Morgan fingerprint density at radius 2 is 2.39 bits per heavy atom. The summed E-state index contributed by atoms with van der Waals surface area (Å²) in [5.74, 6) is 4.95. The van der Waals surface area contributed by atoms with Crippen LogP contribution >= 0.6 is 11.3 Å². The second-order valence-electron chi connectivity index (χ2n) is 4.12. The van der Waals surface area contributed by atoms with Crippen LogP contribution in [0.3, 0.4) is 0 Å². The van der Waals surface area contributed by atoms with Gasteiger partial charge in [0.15, 0.2) is 0 Å². The van der Waals surface area contributed by atoms with Crippen LogP contribution in [0.2, 0.25) is 0 Å². The molecular formula is C12H21N3O2S. The molecule has 6 heteroatoms. The minimum absolute atomic E-state index is 0.226. The van der Waals surface area contributed by atoms with Crippen molar-refractivity contribution in [1.82, 2.24) is 10.3 Å². The number of thiophene rings is 1. The number of nitrogens with zero attached hydrogens (tertiary/aromatic N) is 1. The molecule has 1 aromatic heterocycles. The molecule has 3 N–H and O–H groups in total. The van der Waals surface area contributed by atoms with E-state index in [4.69, 9.17) is 10.6 Å². The van der Waals surface area contributed by atoms with Crippen LogP contribution in [0.1, 0.15) is 29.1 Å². The fraction of sp³-hybridized carbons (Fsp3) is 0.583. The molecule has 0 aromatic carbocycles. The monoisotopic (exact) mass is 271 g/mol. The summed E-state index contributed by atoms with van der Waals surface area (Å²) in [6, 6.07) is 2.28. The Bertz CT molecular complexity index is 381. The van der Waals surface area contributed by atoms with Gasteiger partial charge in [-0.15, -0.1) is 11.3 Å². The number of likely N-dealkylation sites (N-methyl/N-ethyl adjacent to an activating group) is 1. The Balaban J connectivity index is 2.76. The zero-order valence-electron chi connectivity index (χ0n) is 11.1. The number of methoxy groups -OCH3 is 1. The molecule has 0 saturated carbocycles. The van der Waals surface area contributed by atoms with Gasteiger partial charge in [0.25, 0.3) is 5.91 Å². The summed E-state index contributed by atoms with van der Waals surface area (Å²) in [4.78, 5) is 14.5. The normalized spacial score (nSPS) is 12.7. The van der Waals surface area contributed by atoms with E-state index < -0.39 is 0 Å². The molecule has 1 heterocycles. The number of ether oxygens (including phenoxy) is 1. The Labute approximate surface area is 112 Å². The molecule has 102 valence electrons. The van der Waals surface area contributed by atoms with Gasteiger partial charge in [-0.2, -0.15) is 0 Å². The molecule has 0 bridgehead atoms. The average Bonchev–Trinajstić information content (AvgIpc) is 2.83. The molecule has 0 fully saturated rings. The highest BCUT2D eigenvalue weighted by Crippen LogP contribution is 2.19. The molecule has 0 aliphatic heterocycles. The molecule has 1 unspecified atom stereocenters. The minimum atomic E-state index is -0.226. The lowest BCUT2D eigenvalue weighted by atomic mass is 10.2. The number of nitrogens with two attached hydrogens (primary N) is 1. The first-order chi connectivity index (χ1) is 8.63. The lowest BCUT2D eigenvalue weighted by Crippen LogP contribution is -2.36. The summed E-state index contributed by atoms with van der Waals surface area (Å²) < 4.78 is 5.17. The van der Waals surface area contributed by atoms with E-state index in [2.05, 4.69) is 24.2 Å². The second kappa shape index (κ2) is 7.48. The van der Waals surface area contributed by atoms with Gasteiger partial charge in [0, 0.05) is 19.7 Å². The van der Waals surface area contributed by atoms with E-state index in [0.29, 0.717) is 17.5 Å². The largest absolute Gasteiger partial charge is 0.383 e. The SMILES string of the molecule is CCN(Cc1ccsc1C(=O)NN)C(C)COC. The van der Waals surface area contributed by atoms with Gasteiger partial charge in [-0.25, -0.2) is 5.84 Å². The van der Waals surface area contributed by atoms with Crippen LogP contribution in [0, 0.1) is 0 Å². The third kappa shape index (κ3) is 3.78. The van der Waals surface area contributed by atoms with E-state index in [0.717, 1.165) is 18.7 Å². The number of carbonyl (C=O) groups is 1. The van der Waals surface area contributed by atoms with Crippen molar-refractivity contribution < 1.29 is 9.53 Å². The van der Waals surface area contributed by atoms with Crippen LogP contribution in [0.5, 0.6) is 0 Å². The quantitative estimate of drug-likeness (QED) is 0.444. The molecule has 18 heavy (non-hydrogen) atoms. The topological polar surface area (TPSA) is 67.6 Å². The maximum atomic E-state index is 11.6. The molecule has 0 spiro atoms. The van der Waals surface area contributed by atoms with Gasteiger partial charge < -0.3 is 4.74 Å². The smallest absolute Gasteiger partial charge is 0.275 e. The number of hydrogen-bond donors (Lipinski definition) is 2. The van der Waals surface area contributed by atoms with Crippen LogP contribution in [0.4, 0.5) is 0 Å². The highest BCUT2D eigenvalue weighted by Gasteiger charge is 2.17. The summed E-state index contributed by atoms with van der Waals surface area (Å²) >= 11 is 1.41. The van der Waals surface area contributed by atoms with Gasteiger partial charge in [-0.1, -0.05) is 6.92 Å². The van der Waals surface area contributed by atoms with Crippen molar-refractivity contribution in [3.8, 4) is 0 Å². The number of rotatable bonds is 7. The molecule has 0 radical (unpaired) electrons. The highest BCUT2D eigenvalue weighted by atomic mass is 32.1. The van der Waals surface area contributed by atoms with E-state index in [-0.39, 0.29) is 5.91 Å². The molecule has 0 aliphatic rings. The van der Waals surface area contributed by atoms with Gasteiger partial charge in [0.05, 0.1) is 11.5 Å². The maximum absolute atomic E-state index is 11.6. The predicted octanol–water partition coefficient (Wildman–Crippen LogP) is 1.21. The Morgan fingerprint density at radius 1 is 1.67 bits per heavy atom. The van der Waals surface area contributed by atoms with Gasteiger partial charge in [0.1, 0.15) is 0 Å². The standard InChI is InChI=1S/C12H21N3O2S/c1-4-15(9(2)8-17-3)7-10-5-6-18-11(10)12(16)14-13/h5-6,9H,4,7-8,13H2,1-3H3,(H,14,16). The van der Waals surface area contributed by atoms with Crippen LogP contribution < -0.4 is 11.3 Å². The van der Waals surface area contributed by atoms with E-state index in [1.54, 1.807) is 7.11 Å². The molecule has 0 aliphatic carbocycles. The molecule has 1 aromatic rings. The Kier molecular flexibility index (Phi) is 6.28. The third-order valence-corrected chi connectivity index (χ3v) is 3.85. The predicted molar refractivity (Wildman–Crippen MR) is 73.4 cm³/mol. The molecule has 1 atom stereocenters. The summed E-state index contributed by atoms with van der Waals surface area (Å²) in [7, 11) is 1.70. The average molecular weight is 271 g/mol. The zero-order chi connectivity index (χ0) is 13.5. The van der Waals surface area contributed by atoms with Crippen molar-refractivity contribution in [2.24, 2.45) is 5.84 Å². The van der Waals surface area contributed by atoms with Gasteiger partial charge in [-0.3, -0.25) is 15.1 Å². The summed E-state index contributed by atoms with van der Waals surface area (Å²) in [5, 5.41) is 1.91. The van der Waals surface area contributed by atoms with Crippen molar-refractivity contribution >= 4 is 17.2 Å². The van der Waals surface area contributed by atoms with Crippen molar-refractivity contribution in [1.29, 1.82) is 0 Å². The maximum Gasteiger partial charge on any atom is 0.275 e. The lowest BCUT2D eigenvalue weighted by molar-refractivity contribution is 0.0936. The van der Waals surface area contributed by atoms with Crippen molar-refractivity contribution in [3.63, 3.8) is 0 Å². The van der Waals surface area contributed by atoms with Crippen LogP contribution in [-0.4, -0.2) is 37.1 Å². The first-order valence-corrected chi connectivity index (χ1v) is 6.82. The molecular weight excluding hydrogens is 250 g/mol. The Hall–Kier alpha value is -0.950. The second-order valence-corrected chi connectivity index (χ2v) is 5.03. The number of amides is 1. The van der Waals surface area contributed by atoms with E-state index in [9.17, 15) is 4.79 Å². The first kappa shape index (κ1) is 15.1. The van der Waals surface area contributed by atoms with Gasteiger partial charge >= 0.3 is 0 Å². The first-order valence-electron chi connectivity index (χ1n) is 5.94. The lowest BCUT2D eigenvalue weighted by Gasteiger charge is -2.27. The number of hydrogen-bond acceptors (Lipinski definition) is 5. The number of hydrazine groups is 1. The molecule has 5 nitrogen and oxygen atoms in total. The van der Waals surface area contributed by atoms with E-state index in [1.165, 1.54) is 11.3 Å². The van der Waals surface area contributed by atoms with Crippen molar-refractivity contribution in [3.05, 3.63) is 21.9 Å². The fourth-order valence-corrected chi connectivity index (χ4v) is 2.69. The number of nitrogens with one attached hydrogen (secondary N) is 1. The molecule has 0 saturated heterocycles. The summed E-state index contributed by atoms with van der Waals surface area (Å²) in [5.41, 5.74) is 3.19. The van der Waals surface area contributed by atoms with E-state index in [1.807, 2.05) is 11.4 Å². The highest BCUT2D eigenvalue weighted by molar-refractivity contribution is 7.12. The van der Waals surface area contributed by atoms with Gasteiger partial charge in [0.2, 0.25) is 0 Å². The van der Waals surface area contributed by atoms with Crippen LogP contribution in [-0.2, 0) is 11.3 Å².